The molecule has 1 saturated carbocycles. The molecular weight excluding hydrogens is 423 g/mol. The number of primary amides is 1. The number of hydrogen-bond donors (Lipinski definition) is 3. The predicted octanol–water partition coefficient (Wildman–Crippen LogP) is 4.08. The number of carbonyl (C=O) groups is 2. The Labute approximate surface area is 183 Å². The molecule has 1 aromatic heterocycles. The number of rotatable bonds is 4. The van der Waals surface area contributed by atoms with E-state index >= 15 is 0 Å². The third kappa shape index (κ3) is 4.01. The maximum Gasteiger partial charge on any atom is 0.418 e. The van der Waals surface area contributed by atoms with Gasteiger partial charge in [-0.1, -0.05) is 13.8 Å². The number of aliphatic hydroxyl groups is 1. The van der Waals surface area contributed by atoms with Crippen LogP contribution in [0.5, 0.6) is 0 Å². The number of nitrogens with one attached hydrogen (secondary N) is 1. The van der Waals surface area contributed by atoms with E-state index in [1.165, 1.54) is 16.7 Å². The van der Waals surface area contributed by atoms with Gasteiger partial charge < -0.3 is 20.7 Å². The van der Waals surface area contributed by atoms with Crippen LogP contribution >= 0.6 is 0 Å². The molecule has 2 aliphatic rings. The molecule has 4 rings (SSSR count). The van der Waals surface area contributed by atoms with Gasteiger partial charge in [0, 0.05) is 29.7 Å². The molecule has 32 heavy (non-hydrogen) atoms. The number of anilines is 1. The average molecular weight is 449 g/mol. The summed E-state index contributed by atoms with van der Waals surface area (Å²) in [6, 6.07) is 4.24. The Morgan fingerprint density at radius 3 is 2.56 bits per heavy atom. The normalized spacial score (nSPS) is 22.6. The number of alkyl halides is 3. The first-order valence-electron chi connectivity index (χ1n) is 10.6. The summed E-state index contributed by atoms with van der Waals surface area (Å²) in [7, 11) is 0. The smallest absolute Gasteiger partial charge is 0.391 e. The Kier molecular flexibility index (Phi) is 5.35. The fourth-order valence-corrected chi connectivity index (χ4v) is 4.84. The Hall–Kier alpha value is -2.81. The van der Waals surface area contributed by atoms with Crippen molar-refractivity contribution in [2.24, 2.45) is 11.1 Å². The minimum absolute atomic E-state index is 0.0417. The molecule has 2 aliphatic carbocycles. The van der Waals surface area contributed by atoms with E-state index in [1.807, 2.05) is 13.8 Å². The topological polar surface area (TPSA) is 97.4 Å². The van der Waals surface area contributed by atoms with E-state index < -0.39 is 34.9 Å². The van der Waals surface area contributed by atoms with Gasteiger partial charge in [0.25, 0.3) is 5.91 Å². The maximum atomic E-state index is 13.8. The lowest BCUT2D eigenvalue weighted by atomic mass is 9.75. The molecule has 1 heterocycles. The largest absolute Gasteiger partial charge is 0.418 e. The van der Waals surface area contributed by atoms with E-state index in [-0.39, 0.29) is 23.6 Å². The Morgan fingerprint density at radius 2 is 1.97 bits per heavy atom. The monoisotopic (exact) mass is 449 g/mol. The van der Waals surface area contributed by atoms with E-state index in [0.29, 0.717) is 36.3 Å². The second-order valence-electron chi connectivity index (χ2n) is 9.52. The summed E-state index contributed by atoms with van der Waals surface area (Å²) in [6.45, 7) is 3.70. The quantitative estimate of drug-likeness (QED) is 0.655. The van der Waals surface area contributed by atoms with Gasteiger partial charge in [0.15, 0.2) is 5.78 Å². The van der Waals surface area contributed by atoms with Gasteiger partial charge in [-0.3, -0.25) is 9.59 Å². The van der Waals surface area contributed by atoms with Crippen molar-refractivity contribution in [3.8, 4) is 5.69 Å². The Balaban J connectivity index is 1.86. The first-order valence-corrected chi connectivity index (χ1v) is 10.6. The van der Waals surface area contributed by atoms with Crippen LogP contribution in [0.4, 0.5) is 18.9 Å². The zero-order valence-corrected chi connectivity index (χ0v) is 17.9. The fraction of sp³-hybridized carbons (Fsp3) is 0.478. The molecule has 0 saturated heterocycles. The molecule has 9 heteroatoms. The SMILES string of the molecule is CC1(C)CC(=O)c2c(C(F)(F)F)cn(-c3ccc(C(N)=O)c(N[C@H]4CCC[C@@H]4O)c3)c2C1. The predicted molar refractivity (Wildman–Crippen MR) is 113 cm³/mol. The number of amides is 1. The van der Waals surface area contributed by atoms with Crippen molar-refractivity contribution in [2.75, 3.05) is 5.32 Å². The van der Waals surface area contributed by atoms with Gasteiger partial charge in [0.1, 0.15) is 0 Å². The molecule has 2 aromatic rings. The van der Waals surface area contributed by atoms with E-state index in [0.717, 1.165) is 12.6 Å². The van der Waals surface area contributed by atoms with E-state index in [1.54, 1.807) is 6.07 Å². The van der Waals surface area contributed by atoms with Crippen molar-refractivity contribution in [3.05, 3.63) is 46.8 Å². The minimum atomic E-state index is -4.67. The number of Topliss-reactive ketones (excluding diaryl/α,β-unsaturated/α-hetero) is 1. The van der Waals surface area contributed by atoms with Crippen LogP contribution in [0.1, 0.15) is 71.5 Å². The van der Waals surface area contributed by atoms with Crippen molar-refractivity contribution < 1.29 is 27.9 Å². The highest BCUT2D eigenvalue weighted by atomic mass is 19.4. The Morgan fingerprint density at radius 1 is 1.25 bits per heavy atom. The van der Waals surface area contributed by atoms with Crippen LogP contribution in [-0.2, 0) is 12.6 Å². The molecule has 1 fully saturated rings. The fourth-order valence-electron chi connectivity index (χ4n) is 4.84. The summed E-state index contributed by atoms with van der Waals surface area (Å²) in [5, 5.41) is 13.3. The summed E-state index contributed by atoms with van der Waals surface area (Å²) < 4.78 is 42.7. The molecule has 1 amide bonds. The number of halogens is 3. The van der Waals surface area contributed by atoms with Crippen LogP contribution in [-0.4, -0.2) is 33.5 Å². The number of aromatic nitrogens is 1. The molecule has 1 aromatic carbocycles. The number of carbonyl (C=O) groups excluding carboxylic acids is 2. The van der Waals surface area contributed by atoms with Gasteiger partial charge in [-0.2, -0.15) is 13.2 Å². The third-order valence-electron chi connectivity index (χ3n) is 6.34. The summed E-state index contributed by atoms with van der Waals surface area (Å²) in [5.41, 5.74) is 4.99. The van der Waals surface area contributed by atoms with Crippen molar-refractivity contribution in [1.29, 1.82) is 0 Å². The highest BCUT2D eigenvalue weighted by Crippen LogP contribution is 2.43. The number of fused-ring (bicyclic) bond motifs is 1. The van der Waals surface area contributed by atoms with Crippen molar-refractivity contribution in [1.82, 2.24) is 4.57 Å². The molecule has 6 nitrogen and oxygen atoms in total. The van der Waals surface area contributed by atoms with E-state index in [2.05, 4.69) is 5.32 Å². The number of ketones is 1. The summed E-state index contributed by atoms with van der Waals surface area (Å²) >= 11 is 0. The molecule has 0 bridgehead atoms. The summed E-state index contributed by atoms with van der Waals surface area (Å²) in [4.78, 5) is 24.6. The van der Waals surface area contributed by atoms with Crippen LogP contribution in [0.3, 0.4) is 0 Å². The average Bonchev–Trinajstić information content (AvgIpc) is 3.24. The van der Waals surface area contributed by atoms with Gasteiger partial charge >= 0.3 is 6.18 Å². The third-order valence-corrected chi connectivity index (χ3v) is 6.34. The van der Waals surface area contributed by atoms with Crippen molar-refractivity contribution >= 4 is 17.4 Å². The lowest BCUT2D eigenvalue weighted by Crippen LogP contribution is -2.30. The number of nitrogens with zero attached hydrogens (tertiary/aromatic N) is 1. The lowest BCUT2D eigenvalue weighted by Gasteiger charge is -2.30. The number of hydrogen-bond acceptors (Lipinski definition) is 4. The molecule has 0 spiro atoms. The first kappa shape index (κ1) is 22.4. The Bertz CT molecular complexity index is 1090. The molecule has 2 atom stereocenters. The van der Waals surface area contributed by atoms with Gasteiger partial charge in [0.05, 0.1) is 28.8 Å². The molecular formula is C23H26F3N3O3. The molecule has 0 unspecified atom stereocenters. The molecule has 0 radical (unpaired) electrons. The second kappa shape index (κ2) is 7.65. The zero-order valence-electron chi connectivity index (χ0n) is 17.9. The highest BCUT2D eigenvalue weighted by molar-refractivity contribution is 6.01. The van der Waals surface area contributed by atoms with Gasteiger partial charge in [-0.15, -0.1) is 0 Å². The van der Waals surface area contributed by atoms with E-state index in [4.69, 9.17) is 5.73 Å². The molecule has 0 aliphatic heterocycles. The highest BCUT2D eigenvalue weighted by Gasteiger charge is 2.43. The van der Waals surface area contributed by atoms with Crippen LogP contribution in [0, 0.1) is 5.41 Å². The van der Waals surface area contributed by atoms with Crippen molar-refractivity contribution in [3.63, 3.8) is 0 Å². The van der Waals surface area contributed by atoms with E-state index in [9.17, 15) is 27.9 Å². The van der Waals surface area contributed by atoms with Gasteiger partial charge in [0.2, 0.25) is 0 Å². The van der Waals surface area contributed by atoms with Crippen LogP contribution in [0.25, 0.3) is 5.69 Å². The zero-order chi connectivity index (χ0) is 23.4. The summed E-state index contributed by atoms with van der Waals surface area (Å²) in [6.07, 6.45) is -1.82. The van der Waals surface area contributed by atoms with Crippen LogP contribution < -0.4 is 11.1 Å². The number of benzene rings is 1. The minimum Gasteiger partial charge on any atom is -0.391 e. The number of aliphatic hydroxyl groups excluding tert-OH is 1. The standard InChI is InChI=1S/C23H26F3N3O3/c1-22(2)9-17-20(19(31)10-22)14(23(24,25)26)11-29(17)12-6-7-13(21(27)32)16(8-12)28-15-4-3-5-18(15)30/h6-8,11,15,18,28,30H,3-5,9-10H2,1-2H3,(H2,27,32)/t15-,18-/m0/s1. The maximum absolute atomic E-state index is 13.8. The lowest BCUT2D eigenvalue weighted by molar-refractivity contribution is -0.137. The van der Waals surface area contributed by atoms with Gasteiger partial charge in [-0.25, -0.2) is 0 Å². The van der Waals surface area contributed by atoms with Crippen LogP contribution in [0.2, 0.25) is 0 Å². The number of nitrogens with two attached hydrogens (primary N) is 1. The van der Waals surface area contributed by atoms with Gasteiger partial charge in [-0.05, 0) is 49.3 Å². The first-order chi connectivity index (χ1) is 14.9. The van der Waals surface area contributed by atoms with Crippen LogP contribution in [0.15, 0.2) is 24.4 Å². The molecule has 4 N–H and O–H groups in total. The second-order valence-corrected chi connectivity index (χ2v) is 9.52. The van der Waals surface area contributed by atoms with Crippen molar-refractivity contribution in [2.45, 2.75) is 64.3 Å². The molecule has 172 valence electrons. The summed E-state index contributed by atoms with van der Waals surface area (Å²) in [5.74, 6) is -1.21.